The van der Waals surface area contributed by atoms with Crippen LogP contribution in [0.15, 0.2) is 24.4 Å². The number of amides is 1. The Balaban J connectivity index is 2.78. The van der Waals surface area contributed by atoms with E-state index in [1.54, 1.807) is 11.4 Å². The van der Waals surface area contributed by atoms with Crippen LogP contribution in [0.3, 0.4) is 0 Å². The molecule has 1 N–H and O–H groups in total. The van der Waals surface area contributed by atoms with Crippen molar-refractivity contribution in [2.75, 3.05) is 0 Å². The lowest BCUT2D eigenvalue weighted by molar-refractivity contribution is -0.270. The standard InChI is InChI=1S/C10H9F5N2O/c1-6(7-4-2-3-5-16-7)17-8(18)9(11,12)10(13,14)15/h2-6H,1H3,(H,17,18)/t6-/m0/s1. The molecule has 0 saturated heterocycles. The Labute approximate surface area is 99.0 Å². The molecule has 0 bridgehead atoms. The van der Waals surface area contributed by atoms with Gasteiger partial charge in [0.15, 0.2) is 0 Å². The van der Waals surface area contributed by atoms with Crippen molar-refractivity contribution in [1.29, 1.82) is 0 Å². The van der Waals surface area contributed by atoms with Crippen LogP contribution in [0, 0.1) is 0 Å². The summed E-state index contributed by atoms with van der Waals surface area (Å²) >= 11 is 0. The second-order valence-corrected chi connectivity index (χ2v) is 3.52. The van der Waals surface area contributed by atoms with E-state index in [-0.39, 0.29) is 5.69 Å². The van der Waals surface area contributed by atoms with E-state index >= 15 is 0 Å². The molecule has 0 aliphatic heterocycles. The average Bonchev–Trinajstić information content (AvgIpc) is 2.28. The summed E-state index contributed by atoms with van der Waals surface area (Å²) in [7, 11) is 0. The predicted octanol–water partition coefficient (Wildman–Crippen LogP) is 2.46. The molecular formula is C10H9F5N2O. The van der Waals surface area contributed by atoms with E-state index in [1.165, 1.54) is 25.3 Å². The summed E-state index contributed by atoms with van der Waals surface area (Å²) in [4.78, 5) is 14.6. The van der Waals surface area contributed by atoms with Crippen LogP contribution in [0.2, 0.25) is 0 Å². The molecule has 18 heavy (non-hydrogen) atoms. The van der Waals surface area contributed by atoms with Gasteiger partial charge in [0.05, 0.1) is 11.7 Å². The Hall–Kier alpha value is -1.73. The number of nitrogens with zero attached hydrogens (tertiary/aromatic N) is 1. The summed E-state index contributed by atoms with van der Waals surface area (Å²) in [6.07, 6.45) is -4.58. The predicted molar refractivity (Wildman–Crippen MR) is 51.8 cm³/mol. The molecule has 3 nitrogen and oxygen atoms in total. The molecule has 1 atom stereocenters. The summed E-state index contributed by atoms with van der Waals surface area (Å²) in [5, 5.41) is 1.57. The summed E-state index contributed by atoms with van der Waals surface area (Å²) in [6.45, 7) is 1.26. The molecule has 0 unspecified atom stereocenters. The number of carbonyl (C=O) groups is 1. The van der Waals surface area contributed by atoms with Gasteiger partial charge in [-0.3, -0.25) is 9.78 Å². The molecule has 1 aromatic rings. The Morgan fingerprint density at radius 1 is 1.28 bits per heavy atom. The summed E-state index contributed by atoms with van der Waals surface area (Å²) in [5.74, 6) is -7.82. The fraction of sp³-hybridized carbons (Fsp3) is 0.400. The van der Waals surface area contributed by atoms with Crippen molar-refractivity contribution in [2.45, 2.75) is 25.1 Å². The van der Waals surface area contributed by atoms with E-state index in [4.69, 9.17) is 0 Å². The topological polar surface area (TPSA) is 42.0 Å². The monoisotopic (exact) mass is 268 g/mol. The van der Waals surface area contributed by atoms with E-state index < -0.39 is 24.0 Å². The number of hydrogen-bond donors (Lipinski definition) is 1. The second kappa shape index (κ2) is 4.87. The third-order valence-corrected chi connectivity index (χ3v) is 2.12. The van der Waals surface area contributed by atoms with E-state index in [2.05, 4.69) is 4.98 Å². The highest BCUT2D eigenvalue weighted by atomic mass is 19.4. The van der Waals surface area contributed by atoms with Gasteiger partial charge in [0.25, 0.3) is 0 Å². The van der Waals surface area contributed by atoms with Gasteiger partial charge in [-0.2, -0.15) is 22.0 Å². The Bertz CT molecular complexity index is 418. The van der Waals surface area contributed by atoms with Crippen LogP contribution >= 0.6 is 0 Å². The lowest BCUT2D eigenvalue weighted by Gasteiger charge is -2.21. The van der Waals surface area contributed by atoms with Gasteiger partial charge in [-0.1, -0.05) is 6.07 Å². The van der Waals surface area contributed by atoms with Gasteiger partial charge in [0.1, 0.15) is 0 Å². The zero-order chi connectivity index (χ0) is 14.0. The Morgan fingerprint density at radius 3 is 2.33 bits per heavy atom. The van der Waals surface area contributed by atoms with Crippen molar-refractivity contribution in [3.05, 3.63) is 30.1 Å². The minimum Gasteiger partial charge on any atom is -0.342 e. The SMILES string of the molecule is C[C@H](NC(=O)C(F)(F)C(F)(F)F)c1ccccn1. The fourth-order valence-corrected chi connectivity index (χ4v) is 1.12. The Morgan fingerprint density at radius 2 is 1.89 bits per heavy atom. The number of carbonyl (C=O) groups excluding carboxylic acids is 1. The van der Waals surface area contributed by atoms with Crippen LogP contribution in [0.1, 0.15) is 18.7 Å². The molecule has 100 valence electrons. The third-order valence-electron chi connectivity index (χ3n) is 2.12. The molecule has 0 aromatic carbocycles. The number of halogens is 5. The lowest BCUT2D eigenvalue weighted by Crippen LogP contribution is -2.50. The van der Waals surface area contributed by atoms with E-state index in [1.807, 2.05) is 0 Å². The zero-order valence-electron chi connectivity index (χ0n) is 9.13. The molecule has 0 aliphatic carbocycles. The highest BCUT2D eigenvalue weighted by Gasteiger charge is 2.63. The molecule has 0 aliphatic rings. The first-order valence-electron chi connectivity index (χ1n) is 4.82. The van der Waals surface area contributed by atoms with E-state index in [9.17, 15) is 26.7 Å². The first kappa shape index (κ1) is 14.3. The van der Waals surface area contributed by atoms with Gasteiger partial charge < -0.3 is 5.32 Å². The van der Waals surface area contributed by atoms with Gasteiger partial charge in [0.2, 0.25) is 0 Å². The molecule has 1 heterocycles. The van der Waals surface area contributed by atoms with Crippen LogP contribution in [-0.2, 0) is 4.79 Å². The Kier molecular flexibility index (Phi) is 3.88. The lowest BCUT2D eigenvalue weighted by atomic mass is 10.2. The number of alkyl halides is 5. The van der Waals surface area contributed by atoms with Crippen LogP contribution in [0.4, 0.5) is 22.0 Å². The van der Waals surface area contributed by atoms with Crippen molar-refractivity contribution in [2.24, 2.45) is 0 Å². The molecule has 8 heteroatoms. The van der Waals surface area contributed by atoms with E-state index in [0.717, 1.165) is 0 Å². The first-order chi connectivity index (χ1) is 8.16. The number of hydrogen-bond acceptors (Lipinski definition) is 2. The van der Waals surface area contributed by atoms with Crippen LogP contribution < -0.4 is 5.32 Å². The molecule has 1 amide bonds. The van der Waals surface area contributed by atoms with Crippen molar-refractivity contribution < 1.29 is 26.7 Å². The first-order valence-corrected chi connectivity index (χ1v) is 4.82. The summed E-state index contributed by atoms with van der Waals surface area (Å²) in [5.41, 5.74) is 0.184. The van der Waals surface area contributed by atoms with Crippen molar-refractivity contribution in [3.63, 3.8) is 0 Å². The highest BCUT2D eigenvalue weighted by molar-refractivity contribution is 5.84. The minimum absolute atomic E-state index is 0.184. The van der Waals surface area contributed by atoms with Crippen molar-refractivity contribution in [3.8, 4) is 0 Å². The van der Waals surface area contributed by atoms with Crippen molar-refractivity contribution >= 4 is 5.91 Å². The average molecular weight is 268 g/mol. The second-order valence-electron chi connectivity index (χ2n) is 3.52. The van der Waals surface area contributed by atoms with Crippen LogP contribution in [-0.4, -0.2) is 23.0 Å². The minimum atomic E-state index is -5.92. The fourth-order valence-electron chi connectivity index (χ4n) is 1.12. The number of nitrogens with one attached hydrogen (secondary N) is 1. The zero-order valence-corrected chi connectivity index (χ0v) is 9.13. The van der Waals surface area contributed by atoms with Gasteiger partial charge in [-0.05, 0) is 19.1 Å². The smallest absolute Gasteiger partial charge is 0.342 e. The molecule has 0 radical (unpaired) electrons. The molecule has 1 rings (SSSR count). The highest BCUT2D eigenvalue weighted by Crippen LogP contribution is 2.35. The summed E-state index contributed by atoms with van der Waals surface area (Å²) < 4.78 is 61.0. The number of rotatable bonds is 3. The number of pyridine rings is 1. The van der Waals surface area contributed by atoms with Crippen molar-refractivity contribution in [1.82, 2.24) is 10.3 Å². The van der Waals surface area contributed by atoms with Crippen LogP contribution in [0.5, 0.6) is 0 Å². The molecule has 0 spiro atoms. The van der Waals surface area contributed by atoms with E-state index in [0.29, 0.717) is 0 Å². The van der Waals surface area contributed by atoms with Crippen LogP contribution in [0.25, 0.3) is 0 Å². The molecule has 0 fully saturated rings. The largest absolute Gasteiger partial charge is 0.463 e. The molecule has 0 saturated carbocycles. The quantitative estimate of drug-likeness (QED) is 0.855. The van der Waals surface area contributed by atoms with Gasteiger partial charge >= 0.3 is 18.0 Å². The molecule has 1 aromatic heterocycles. The molecular weight excluding hydrogens is 259 g/mol. The maximum atomic E-state index is 12.6. The number of aromatic nitrogens is 1. The van der Waals surface area contributed by atoms with Gasteiger partial charge in [0, 0.05) is 6.20 Å². The van der Waals surface area contributed by atoms with Gasteiger partial charge in [-0.15, -0.1) is 0 Å². The van der Waals surface area contributed by atoms with Gasteiger partial charge in [-0.25, -0.2) is 0 Å². The normalized spacial score (nSPS) is 14.1. The maximum absolute atomic E-state index is 12.6. The summed E-state index contributed by atoms with van der Waals surface area (Å²) in [6, 6.07) is 3.42. The maximum Gasteiger partial charge on any atom is 0.463 e. The third kappa shape index (κ3) is 2.93.